The molecule has 0 aliphatic carbocycles. The molecular formula is C30H39BrN2O5Si. The predicted molar refractivity (Wildman–Crippen MR) is 158 cm³/mol. The summed E-state index contributed by atoms with van der Waals surface area (Å²) in [5.41, 5.74) is 1.97. The number of hydrogen-bond donors (Lipinski definition) is 2. The highest BCUT2D eigenvalue weighted by Gasteiger charge is 2.66. The average molecular weight is 616 g/mol. The zero-order chi connectivity index (χ0) is 27.9. The lowest BCUT2D eigenvalue weighted by molar-refractivity contribution is -0.146. The van der Waals surface area contributed by atoms with E-state index in [0.29, 0.717) is 25.9 Å². The minimum Gasteiger partial charge on any atom is -0.432 e. The molecule has 2 N–H and O–H groups in total. The van der Waals surface area contributed by atoms with Crippen LogP contribution in [-0.4, -0.2) is 49.3 Å². The number of fused-ring (bicyclic) bond motifs is 2. The van der Waals surface area contributed by atoms with E-state index in [1.165, 1.54) is 0 Å². The second kappa shape index (κ2) is 11.1. The maximum Gasteiger partial charge on any atom is 0.264 e. The van der Waals surface area contributed by atoms with Gasteiger partial charge in [0.1, 0.15) is 0 Å². The molecule has 0 saturated carbocycles. The van der Waals surface area contributed by atoms with Gasteiger partial charge < -0.3 is 24.4 Å². The molecule has 2 aromatic carbocycles. The molecule has 2 saturated heterocycles. The maximum absolute atomic E-state index is 14.4. The Kier molecular flexibility index (Phi) is 8.10. The van der Waals surface area contributed by atoms with Crippen LogP contribution < -0.4 is 9.80 Å². The SMILES string of the molecule is C[C@H]1[C@H]([Si](C)(C)O)[C@@H](CCO)O[C@]12C(=O)N(Cc1cccc(N3CCCCCCC3=O)c1)c1ccc(Br)cc12. The van der Waals surface area contributed by atoms with E-state index in [1.54, 1.807) is 4.90 Å². The van der Waals surface area contributed by atoms with Crippen molar-refractivity contribution in [3.05, 3.63) is 58.1 Å². The Morgan fingerprint density at radius 3 is 2.62 bits per heavy atom. The lowest BCUT2D eigenvalue weighted by atomic mass is 9.82. The molecule has 9 heteroatoms. The highest BCUT2D eigenvalue weighted by molar-refractivity contribution is 9.10. The summed E-state index contributed by atoms with van der Waals surface area (Å²) in [5, 5.41) is 9.79. The monoisotopic (exact) mass is 614 g/mol. The molecule has 0 unspecified atom stereocenters. The number of amides is 2. The summed E-state index contributed by atoms with van der Waals surface area (Å²) < 4.78 is 7.52. The number of carbonyl (C=O) groups is 2. The van der Waals surface area contributed by atoms with Crippen molar-refractivity contribution < 1.29 is 24.2 Å². The quantitative estimate of drug-likeness (QED) is 0.421. The summed E-state index contributed by atoms with van der Waals surface area (Å²) in [5.74, 6) is -0.251. The zero-order valence-corrected chi connectivity index (χ0v) is 25.6. The highest BCUT2D eigenvalue weighted by Crippen LogP contribution is 2.60. The van der Waals surface area contributed by atoms with Crippen molar-refractivity contribution in [2.45, 2.75) is 82.3 Å². The number of aliphatic hydroxyl groups excluding tert-OH is 1. The molecule has 3 aliphatic rings. The van der Waals surface area contributed by atoms with Gasteiger partial charge >= 0.3 is 0 Å². The van der Waals surface area contributed by atoms with Crippen LogP contribution in [0.25, 0.3) is 0 Å². The van der Waals surface area contributed by atoms with Gasteiger partial charge in [-0.3, -0.25) is 9.59 Å². The Hall–Kier alpha value is -2.04. The zero-order valence-electron chi connectivity index (χ0n) is 23.0. The van der Waals surface area contributed by atoms with Gasteiger partial charge in [0.15, 0.2) is 13.9 Å². The number of benzene rings is 2. The predicted octanol–water partition coefficient (Wildman–Crippen LogP) is 5.47. The van der Waals surface area contributed by atoms with Crippen LogP contribution in [0.15, 0.2) is 46.9 Å². The lowest BCUT2D eigenvalue weighted by Crippen LogP contribution is -2.46. The van der Waals surface area contributed by atoms with Crippen LogP contribution in [0.2, 0.25) is 18.6 Å². The molecule has 2 amide bonds. The Morgan fingerprint density at radius 2 is 1.87 bits per heavy atom. The third kappa shape index (κ3) is 5.12. The molecule has 0 radical (unpaired) electrons. The van der Waals surface area contributed by atoms with E-state index in [1.807, 2.05) is 67.4 Å². The van der Waals surface area contributed by atoms with Crippen LogP contribution in [0.5, 0.6) is 0 Å². The molecule has 7 nitrogen and oxygen atoms in total. The van der Waals surface area contributed by atoms with Crippen LogP contribution >= 0.6 is 15.9 Å². The number of carbonyl (C=O) groups excluding carboxylic acids is 2. The first-order valence-electron chi connectivity index (χ1n) is 14.1. The Bertz CT molecular complexity index is 1250. The minimum absolute atomic E-state index is 0.0697. The molecule has 2 aromatic rings. The second-order valence-corrected chi connectivity index (χ2v) is 16.7. The third-order valence-corrected chi connectivity index (χ3v) is 11.7. The fourth-order valence-electron chi connectivity index (χ4n) is 7.04. The van der Waals surface area contributed by atoms with E-state index >= 15 is 0 Å². The van der Waals surface area contributed by atoms with Crippen molar-refractivity contribution in [1.29, 1.82) is 0 Å². The van der Waals surface area contributed by atoms with Crippen LogP contribution in [0.3, 0.4) is 0 Å². The van der Waals surface area contributed by atoms with E-state index in [9.17, 15) is 19.5 Å². The fraction of sp³-hybridized carbons (Fsp3) is 0.533. The fourth-order valence-corrected chi connectivity index (χ4v) is 10.0. The van der Waals surface area contributed by atoms with E-state index in [0.717, 1.165) is 52.7 Å². The Balaban J connectivity index is 1.51. The third-order valence-electron chi connectivity index (χ3n) is 8.75. The second-order valence-electron chi connectivity index (χ2n) is 11.8. The first kappa shape index (κ1) is 28.5. The number of rotatable bonds is 6. The highest BCUT2D eigenvalue weighted by atomic mass is 79.9. The Labute approximate surface area is 240 Å². The first-order valence-corrected chi connectivity index (χ1v) is 17.9. The van der Waals surface area contributed by atoms with Gasteiger partial charge in [0.25, 0.3) is 5.91 Å². The topological polar surface area (TPSA) is 90.3 Å². The lowest BCUT2D eigenvalue weighted by Gasteiger charge is -2.32. The number of aliphatic hydroxyl groups is 1. The molecule has 39 heavy (non-hydrogen) atoms. The van der Waals surface area contributed by atoms with Crippen molar-refractivity contribution in [2.24, 2.45) is 5.92 Å². The van der Waals surface area contributed by atoms with Gasteiger partial charge in [-0.05, 0) is 68.3 Å². The summed E-state index contributed by atoms with van der Waals surface area (Å²) >= 11 is 3.59. The van der Waals surface area contributed by atoms with E-state index in [-0.39, 0.29) is 29.9 Å². The van der Waals surface area contributed by atoms with E-state index in [4.69, 9.17) is 4.74 Å². The summed E-state index contributed by atoms with van der Waals surface area (Å²) in [6, 6.07) is 13.8. The van der Waals surface area contributed by atoms with Crippen LogP contribution in [-0.2, 0) is 26.5 Å². The van der Waals surface area contributed by atoms with Gasteiger partial charge in [0.05, 0.1) is 18.3 Å². The molecule has 1 spiro atoms. The number of nitrogens with zero attached hydrogens (tertiary/aromatic N) is 2. The van der Waals surface area contributed by atoms with Gasteiger partial charge in [0, 0.05) is 46.8 Å². The summed E-state index contributed by atoms with van der Waals surface area (Å²) in [4.78, 5) is 42.2. The van der Waals surface area contributed by atoms with E-state index in [2.05, 4.69) is 15.9 Å². The van der Waals surface area contributed by atoms with Gasteiger partial charge in [-0.25, -0.2) is 0 Å². The van der Waals surface area contributed by atoms with Crippen molar-refractivity contribution in [2.75, 3.05) is 23.0 Å². The Morgan fingerprint density at radius 1 is 1.10 bits per heavy atom. The van der Waals surface area contributed by atoms with Gasteiger partial charge in [-0.2, -0.15) is 0 Å². The minimum atomic E-state index is -2.74. The maximum atomic E-state index is 14.4. The molecule has 4 atom stereocenters. The van der Waals surface area contributed by atoms with Gasteiger partial charge in [0.2, 0.25) is 5.91 Å². The number of anilines is 2. The summed E-state index contributed by atoms with van der Waals surface area (Å²) in [6.07, 6.45) is 4.67. The average Bonchev–Trinajstić information content (AvgIpc) is 3.29. The van der Waals surface area contributed by atoms with Crippen molar-refractivity contribution >= 4 is 47.4 Å². The van der Waals surface area contributed by atoms with Crippen LogP contribution in [0.4, 0.5) is 11.4 Å². The molecular weight excluding hydrogens is 576 g/mol. The molecule has 5 rings (SSSR count). The van der Waals surface area contributed by atoms with Crippen molar-refractivity contribution in [3.8, 4) is 0 Å². The number of ether oxygens (including phenoxy) is 1. The summed E-state index contributed by atoms with van der Waals surface area (Å²) in [6.45, 7) is 6.77. The normalized spacial score (nSPS) is 27.7. The molecule has 210 valence electrons. The number of hydrogen-bond acceptors (Lipinski definition) is 5. The van der Waals surface area contributed by atoms with Gasteiger partial charge in [-0.15, -0.1) is 0 Å². The van der Waals surface area contributed by atoms with E-state index < -0.39 is 20.0 Å². The van der Waals surface area contributed by atoms with Crippen LogP contribution in [0.1, 0.15) is 56.6 Å². The number of halogens is 1. The molecule has 0 bridgehead atoms. The van der Waals surface area contributed by atoms with Crippen molar-refractivity contribution in [3.63, 3.8) is 0 Å². The molecule has 2 fully saturated rings. The summed E-state index contributed by atoms with van der Waals surface area (Å²) in [7, 11) is -2.74. The van der Waals surface area contributed by atoms with Crippen LogP contribution in [0, 0.1) is 5.92 Å². The smallest absolute Gasteiger partial charge is 0.264 e. The van der Waals surface area contributed by atoms with Gasteiger partial charge in [-0.1, -0.05) is 47.8 Å². The largest absolute Gasteiger partial charge is 0.432 e. The standard InChI is InChI=1S/C30H39BrN2O5Si/c1-20-28(39(2,3)37)26(14-16-34)38-30(20)24-18-22(31)12-13-25(24)33(29(30)36)19-21-9-8-10-23(17-21)32-15-7-5-4-6-11-27(32)35/h8-10,12-13,17-18,20,26,28,34,37H,4-7,11,14-16,19H2,1-3H3/t20-,26+,28-,30+/m0/s1. The molecule has 3 aliphatic heterocycles. The van der Waals surface area contributed by atoms with Crippen molar-refractivity contribution in [1.82, 2.24) is 0 Å². The molecule has 3 heterocycles. The molecule has 0 aromatic heterocycles. The first-order chi connectivity index (χ1) is 18.6.